The molecule has 4 nitrogen and oxygen atoms in total. The van der Waals surface area contributed by atoms with E-state index in [1.54, 1.807) is 11.3 Å². The fourth-order valence-electron chi connectivity index (χ4n) is 5.83. The van der Waals surface area contributed by atoms with Crippen molar-refractivity contribution in [3.8, 4) is 0 Å². The number of hydrogen-bond donors (Lipinski definition) is 1. The standard InChI is InChI=1S/C30H31N3OS/c34-29(28-20-35-30(32-28)27-15-14-23-9-2-4-13-26(23)27)31-17-21-7-6-16-33(18-21)19-24-11-5-10-22-8-1-3-12-25(22)24/h1-5,8-13,20-21,27H,6-7,14-19H2,(H,31,34)/t21-,27?/m0/s1. The Morgan fingerprint density at radius 3 is 2.86 bits per heavy atom. The first-order chi connectivity index (χ1) is 17.2. The number of piperidine rings is 1. The number of fused-ring (bicyclic) bond motifs is 2. The highest BCUT2D eigenvalue weighted by atomic mass is 32.1. The third-order valence-corrected chi connectivity index (χ3v) is 8.57. The van der Waals surface area contributed by atoms with Gasteiger partial charge in [0, 0.05) is 30.9 Å². The van der Waals surface area contributed by atoms with Gasteiger partial charge in [0.1, 0.15) is 10.7 Å². The van der Waals surface area contributed by atoms with Crippen molar-refractivity contribution in [3.63, 3.8) is 0 Å². The summed E-state index contributed by atoms with van der Waals surface area (Å²) in [7, 11) is 0. The fourth-order valence-corrected chi connectivity index (χ4v) is 6.78. The first-order valence-corrected chi connectivity index (χ1v) is 13.6. The van der Waals surface area contributed by atoms with Crippen LogP contribution in [0.4, 0.5) is 0 Å². The average molecular weight is 482 g/mol. The average Bonchev–Trinajstić information content (AvgIpc) is 3.55. The molecule has 1 fully saturated rings. The van der Waals surface area contributed by atoms with E-state index < -0.39 is 0 Å². The molecule has 1 unspecified atom stereocenters. The summed E-state index contributed by atoms with van der Waals surface area (Å²) < 4.78 is 0. The lowest BCUT2D eigenvalue weighted by Crippen LogP contribution is -2.40. The lowest BCUT2D eigenvalue weighted by atomic mass is 9.96. The number of thiazole rings is 1. The minimum Gasteiger partial charge on any atom is -0.350 e. The topological polar surface area (TPSA) is 45.2 Å². The molecule has 2 atom stereocenters. The zero-order chi connectivity index (χ0) is 23.6. The molecule has 3 aromatic carbocycles. The first kappa shape index (κ1) is 22.4. The van der Waals surface area contributed by atoms with Gasteiger partial charge in [-0.15, -0.1) is 11.3 Å². The van der Waals surface area contributed by atoms with Gasteiger partial charge in [0.2, 0.25) is 0 Å². The Bertz CT molecular complexity index is 1340. The molecule has 1 saturated heterocycles. The molecule has 1 aliphatic heterocycles. The quantitative estimate of drug-likeness (QED) is 0.366. The van der Waals surface area contributed by atoms with Crippen molar-refractivity contribution >= 4 is 28.0 Å². The number of aryl methyl sites for hydroxylation is 1. The van der Waals surface area contributed by atoms with E-state index in [2.05, 4.69) is 76.9 Å². The third-order valence-electron chi connectivity index (χ3n) is 7.61. The molecule has 2 aliphatic rings. The molecule has 0 bridgehead atoms. The monoisotopic (exact) mass is 481 g/mol. The van der Waals surface area contributed by atoms with E-state index >= 15 is 0 Å². The molecule has 0 spiro atoms. The number of nitrogens with one attached hydrogen (secondary N) is 1. The molecule has 0 saturated carbocycles. The minimum absolute atomic E-state index is 0.0371. The van der Waals surface area contributed by atoms with Crippen LogP contribution < -0.4 is 5.32 Å². The van der Waals surface area contributed by atoms with Crippen molar-refractivity contribution in [2.24, 2.45) is 5.92 Å². The van der Waals surface area contributed by atoms with Gasteiger partial charge in [-0.1, -0.05) is 66.7 Å². The van der Waals surface area contributed by atoms with Crippen molar-refractivity contribution in [1.29, 1.82) is 0 Å². The van der Waals surface area contributed by atoms with Crippen LogP contribution in [0.3, 0.4) is 0 Å². The number of nitrogens with zero attached hydrogens (tertiary/aromatic N) is 2. The van der Waals surface area contributed by atoms with Gasteiger partial charge >= 0.3 is 0 Å². The smallest absolute Gasteiger partial charge is 0.270 e. The number of amides is 1. The molecule has 35 heavy (non-hydrogen) atoms. The summed E-state index contributed by atoms with van der Waals surface area (Å²) in [5.41, 5.74) is 4.75. The number of benzene rings is 3. The molecule has 4 aromatic rings. The zero-order valence-corrected chi connectivity index (χ0v) is 20.8. The van der Waals surface area contributed by atoms with Crippen LogP contribution in [-0.2, 0) is 13.0 Å². The molecule has 5 heteroatoms. The number of rotatable bonds is 6. The second-order valence-electron chi connectivity index (χ2n) is 9.95. The Kier molecular flexibility index (Phi) is 6.36. The Labute approximate surface area is 211 Å². The predicted octanol–water partition coefficient (Wildman–Crippen LogP) is 6.02. The normalized spacial score (nSPS) is 20.1. The Balaban J connectivity index is 1.06. The van der Waals surface area contributed by atoms with E-state index in [1.165, 1.54) is 33.9 Å². The van der Waals surface area contributed by atoms with Crippen LogP contribution in [-0.4, -0.2) is 35.4 Å². The summed E-state index contributed by atoms with van der Waals surface area (Å²) in [6, 6.07) is 23.8. The van der Waals surface area contributed by atoms with Crippen LogP contribution in [0.15, 0.2) is 72.1 Å². The fraction of sp³-hybridized carbons (Fsp3) is 0.333. The number of carbonyl (C=O) groups is 1. The predicted molar refractivity (Wildman–Crippen MR) is 143 cm³/mol. The van der Waals surface area contributed by atoms with Crippen molar-refractivity contribution in [3.05, 3.63) is 99.5 Å². The molecular formula is C30H31N3OS. The molecule has 1 aromatic heterocycles. The lowest BCUT2D eigenvalue weighted by Gasteiger charge is -2.33. The van der Waals surface area contributed by atoms with Gasteiger partial charge in [-0.3, -0.25) is 9.69 Å². The second-order valence-corrected chi connectivity index (χ2v) is 10.8. The second kappa shape index (κ2) is 9.92. The molecule has 1 amide bonds. The lowest BCUT2D eigenvalue weighted by molar-refractivity contribution is 0.0926. The maximum absolute atomic E-state index is 12.9. The zero-order valence-electron chi connectivity index (χ0n) is 20.0. The van der Waals surface area contributed by atoms with Crippen molar-refractivity contribution in [2.75, 3.05) is 19.6 Å². The molecular weight excluding hydrogens is 450 g/mol. The Hall–Kier alpha value is -3.02. The van der Waals surface area contributed by atoms with Crippen LogP contribution in [0.25, 0.3) is 10.8 Å². The third kappa shape index (κ3) is 4.75. The van der Waals surface area contributed by atoms with E-state index in [0.717, 1.165) is 43.9 Å². The number of likely N-dealkylation sites (tertiary alicyclic amines) is 1. The first-order valence-electron chi connectivity index (χ1n) is 12.7. The van der Waals surface area contributed by atoms with E-state index in [4.69, 9.17) is 4.98 Å². The number of hydrogen-bond acceptors (Lipinski definition) is 4. The molecule has 178 valence electrons. The van der Waals surface area contributed by atoms with Crippen LogP contribution in [0.5, 0.6) is 0 Å². The summed E-state index contributed by atoms with van der Waals surface area (Å²) in [6.07, 6.45) is 4.52. The summed E-state index contributed by atoms with van der Waals surface area (Å²) in [5, 5.41) is 8.83. The molecule has 2 heterocycles. The summed E-state index contributed by atoms with van der Waals surface area (Å²) >= 11 is 1.62. The van der Waals surface area contributed by atoms with Crippen molar-refractivity contribution in [1.82, 2.24) is 15.2 Å². The SMILES string of the molecule is O=C(NC[C@@H]1CCCN(Cc2cccc3ccccc23)C1)c1csc(C2CCc3ccccc32)n1. The van der Waals surface area contributed by atoms with Crippen molar-refractivity contribution < 1.29 is 4.79 Å². The molecule has 6 rings (SSSR count). The molecule has 1 N–H and O–H groups in total. The van der Waals surface area contributed by atoms with E-state index in [9.17, 15) is 4.79 Å². The Morgan fingerprint density at radius 2 is 1.89 bits per heavy atom. The van der Waals surface area contributed by atoms with Gasteiger partial charge in [-0.25, -0.2) is 4.98 Å². The van der Waals surface area contributed by atoms with Crippen LogP contribution >= 0.6 is 11.3 Å². The minimum atomic E-state index is -0.0371. The largest absolute Gasteiger partial charge is 0.350 e. The summed E-state index contributed by atoms with van der Waals surface area (Å²) in [6.45, 7) is 3.81. The van der Waals surface area contributed by atoms with E-state index in [1.807, 2.05) is 5.38 Å². The van der Waals surface area contributed by atoms with Gasteiger partial charge < -0.3 is 5.32 Å². The maximum Gasteiger partial charge on any atom is 0.270 e. The summed E-state index contributed by atoms with van der Waals surface area (Å²) in [5.74, 6) is 0.770. The molecule has 1 aliphatic carbocycles. The van der Waals surface area contributed by atoms with Crippen molar-refractivity contribution in [2.45, 2.75) is 38.1 Å². The van der Waals surface area contributed by atoms with Gasteiger partial charge in [0.25, 0.3) is 5.91 Å². The van der Waals surface area contributed by atoms with E-state index in [-0.39, 0.29) is 5.91 Å². The van der Waals surface area contributed by atoms with Gasteiger partial charge in [0.05, 0.1) is 0 Å². The van der Waals surface area contributed by atoms with Gasteiger partial charge in [-0.2, -0.15) is 0 Å². The van der Waals surface area contributed by atoms with Crippen LogP contribution in [0.2, 0.25) is 0 Å². The Morgan fingerprint density at radius 1 is 1.03 bits per heavy atom. The van der Waals surface area contributed by atoms with Gasteiger partial charge in [0.15, 0.2) is 0 Å². The number of aromatic nitrogens is 1. The summed E-state index contributed by atoms with van der Waals surface area (Å²) in [4.78, 5) is 20.2. The highest BCUT2D eigenvalue weighted by molar-refractivity contribution is 7.10. The van der Waals surface area contributed by atoms with E-state index in [0.29, 0.717) is 24.1 Å². The maximum atomic E-state index is 12.9. The number of carbonyl (C=O) groups excluding carboxylic acids is 1. The van der Waals surface area contributed by atoms with Crippen LogP contribution in [0.1, 0.15) is 57.4 Å². The van der Waals surface area contributed by atoms with Gasteiger partial charge in [-0.05, 0) is 65.6 Å². The van der Waals surface area contributed by atoms with Crippen LogP contribution in [0, 0.1) is 5.92 Å². The highest BCUT2D eigenvalue weighted by Crippen LogP contribution is 2.39. The molecule has 0 radical (unpaired) electrons. The highest BCUT2D eigenvalue weighted by Gasteiger charge is 2.27.